The summed E-state index contributed by atoms with van der Waals surface area (Å²) in [5.74, 6) is 1.88. The number of hydrogen-bond donors (Lipinski definition) is 1. The first-order chi connectivity index (χ1) is 9.40. The third kappa shape index (κ3) is 2.31. The van der Waals surface area contributed by atoms with Gasteiger partial charge >= 0.3 is 0 Å². The predicted octanol–water partition coefficient (Wildman–Crippen LogP) is 4.18. The van der Waals surface area contributed by atoms with Gasteiger partial charge in [-0.2, -0.15) is 0 Å². The maximum absolute atomic E-state index is 10.3. The van der Waals surface area contributed by atoms with Gasteiger partial charge in [0.15, 0.2) is 0 Å². The molecular formula is C17H22O3. The van der Waals surface area contributed by atoms with Gasteiger partial charge in [0.1, 0.15) is 23.2 Å². The summed E-state index contributed by atoms with van der Waals surface area (Å²) in [6.45, 7) is 6.46. The fourth-order valence-electron chi connectivity index (χ4n) is 2.61. The topological polar surface area (TPSA) is 42.6 Å². The Morgan fingerprint density at radius 2 is 1.95 bits per heavy atom. The minimum atomic E-state index is -0.471. The molecule has 3 nitrogen and oxygen atoms in total. The highest BCUT2D eigenvalue weighted by atomic mass is 16.5. The number of rotatable bonds is 3. The zero-order valence-electron chi connectivity index (χ0n) is 12.6. The molecule has 0 spiro atoms. The maximum Gasteiger partial charge on any atom is 0.138 e. The van der Waals surface area contributed by atoms with E-state index >= 15 is 0 Å². The maximum atomic E-state index is 10.3. The van der Waals surface area contributed by atoms with Crippen LogP contribution in [0, 0.1) is 5.92 Å². The standard InChI is InChI=1S/C17H22O3/c1-17(2,3)13-9-12(19-4)7-11-8-14(20-16(11)13)15(18)10-5-6-10/h7-10,15,18H,5-6H2,1-4H3. The Balaban J connectivity index is 2.15. The minimum absolute atomic E-state index is 0.0353. The van der Waals surface area contributed by atoms with E-state index in [9.17, 15) is 5.11 Å². The zero-order valence-corrected chi connectivity index (χ0v) is 12.6. The SMILES string of the molecule is COc1cc(C(C)(C)C)c2oc(C(O)C3CC3)cc2c1. The number of methoxy groups -OCH3 is 1. The predicted molar refractivity (Wildman–Crippen MR) is 79.1 cm³/mol. The van der Waals surface area contributed by atoms with E-state index in [1.165, 1.54) is 0 Å². The first-order valence-corrected chi connectivity index (χ1v) is 7.20. The summed E-state index contributed by atoms with van der Waals surface area (Å²) < 4.78 is 11.4. The van der Waals surface area contributed by atoms with Gasteiger partial charge in [-0.15, -0.1) is 0 Å². The Morgan fingerprint density at radius 3 is 2.50 bits per heavy atom. The van der Waals surface area contributed by atoms with E-state index in [0.29, 0.717) is 11.7 Å². The van der Waals surface area contributed by atoms with Crippen LogP contribution >= 0.6 is 0 Å². The molecule has 1 saturated carbocycles. The fraction of sp³-hybridized carbons (Fsp3) is 0.529. The molecule has 1 aromatic heterocycles. The molecule has 3 rings (SSSR count). The van der Waals surface area contributed by atoms with Gasteiger partial charge in [-0.1, -0.05) is 20.8 Å². The van der Waals surface area contributed by atoms with Gasteiger partial charge in [-0.3, -0.25) is 0 Å². The van der Waals surface area contributed by atoms with Gasteiger partial charge < -0.3 is 14.3 Å². The zero-order chi connectivity index (χ0) is 14.5. The highest BCUT2D eigenvalue weighted by molar-refractivity contribution is 5.84. The molecule has 0 bridgehead atoms. The molecule has 0 radical (unpaired) electrons. The highest BCUT2D eigenvalue weighted by Gasteiger charge is 2.33. The van der Waals surface area contributed by atoms with E-state index in [0.717, 1.165) is 35.1 Å². The molecule has 108 valence electrons. The van der Waals surface area contributed by atoms with Crippen LogP contribution < -0.4 is 4.74 Å². The van der Waals surface area contributed by atoms with E-state index < -0.39 is 6.10 Å². The van der Waals surface area contributed by atoms with Gasteiger partial charge in [-0.25, -0.2) is 0 Å². The second-order valence-electron chi connectivity index (χ2n) is 6.77. The molecule has 1 heterocycles. The van der Waals surface area contributed by atoms with Crippen LogP contribution in [0.15, 0.2) is 22.6 Å². The van der Waals surface area contributed by atoms with E-state index in [-0.39, 0.29) is 5.41 Å². The number of aliphatic hydroxyl groups excluding tert-OH is 1. The number of hydrogen-bond acceptors (Lipinski definition) is 3. The van der Waals surface area contributed by atoms with Gasteiger partial charge in [-0.05, 0) is 42.4 Å². The van der Waals surface area contributed by atoms with Crippen molar-refractivity contribution in [1.29, 1.82) is 0 Å². The minimum Gasteiger partial charge on any atom is -0.497 e. The lowest BCUT2D eigenvalue weighted by molar-refractivity contribution is 0.129. The lowest BCUT2D eigenvalue weighted by Gasteiger charge is -2.20. The molecule has 1 atom stereocenters. The van der Waals surface area contributed by atoms with Crippen LogP contribution in [0.5, 0.6) is 5.75 Å². The summed E-state index contributed by atoms with van der Waals surface area (Å²) in [6, 6.07) is 5.95. The fourth-order valence-corrected chi connectivity index (χ4v) is 2.61. The Kier molecular flexibility index (Phi) is 3.05. The molecule has 3 heteroatoms. The van der Waals surface area contributed by atoms with E-state index in [1.807, 2.05) is 18.2 Å². The Bertz CT molecular complexity index is 629. The molecule has 1 aromatic carbocycles. The summed E-state index contributed by atoms with van der Waals surface area (Å²) in [5.41, 5.74) is 1.95. The molecule has 1 unspecified atom stereocenters. The smallest absolute Gasteiger partial charge is 0.138 e. The number of fused-ring (bicyclic) bond motifs is 1. The van der Waals surface area contributed by atoms with Gasteiger partial charge in [0, 0.05) is 10.9 Å². The Morgan fingerprint density at radius 1 is 1.25 bits per heavy atom. The summed E-state index contributed by atoms with van der Waals surface area (Å²) >= 11 is 0. The molecule has 0 amide bonds. The number of benzene rings is 1. The van der Waals surface area contributed by atoms with Gasteiger partial charge in [0.05, 0.1) is 7.11 Å². The van der Waals surface area contributed by atoms with Gasteiger partial charge in [0.25, 0.3) is 0 Å². The van der Waals surface area contributed by atoms with Crippen LogP contribution in [-0.2, 0) is 5.41 Å². The number of aliphatic hydroxyl groups is 1. The summed E-state index contributed by atoms with van der Waals surface area (Å²) in [5, 5.41) is 11.3. The summed E-state index contributed by atoms with van der Waals surface area (Å²) in [6.07, 6.45) is 1.71. The van der Waals surface area contributed by atoms with Crippen LogP contribution in [0.1, 0.15) is 51.0 Å². The first kappa shape index (κ1) is 13.5. The molecule has 1 fully saturated rings. The molecule has 1 aliphatic rings. The van der Waals surface area contributed by atoms with Crippen molar-refractivity contribution >= 4 is 11.0 Å². The summed E-state index contributed by atoms with van der Waals surface area (Å²) in [7, 11) is 1.67. The molecule has 0 aliphatic heterocycles. The molecule has 20 heavy (non-hydrogen) atoms. The molecular weight excluding hydrogens is 252 g/mol. The highest BCUT2D eigenvalue weighted by Crippen LogP contribution is 2.43. The Hall–Kier alpha value is -1.48. The lowest BCUT2D eigenvalue weighted by atomic mass is 9.86. The molecule has 2 aromatic rings. The van der Waals surface area contributed by atoms with Gasteiger partial charge in [0.2, 0.25) is 0 Å². The monoisotopic (exact) mass is 274 g/mol. The number of ether oxygens (including phenoxy) is 1. The third-order valence-electron chi connectivity index (χ3n) is 4.01. The molecule has 1 aliphatic carbocycles. The van der Waals surface area contributed by atoms with E-state index in [2.05, 4.69) is 20.8 Å². The van der Waals surface area contributed by atoms with Crippen LogP contribution in [0.3, 0.4) is 0 Å². The van der Waals surface area contributed by atoms with Crippen LogP contribution in [0.25, 0.3) is 11.0 Å². The van der Waals surface area contributed by atoms with Crippen LogP contribution in [0.4, 0.5) is 0 Å². The normalized spacial score (nSPS) is 17.4. The second kappa shape index (κ2) is 4.52. The Labute approximate surface area is 119 Å². The third-order valence-corrected chi connectivity index (χ3v) is 4.01. The van der Waals surface area contributed by atoms with Crippen molar-refractivity contribution in [3.63, 3.8) is 0 Å². The molecule has 1 N–H and O–H groups in total. The van der Waals surface area contributed by atoms with Crippen molar-refractivity contribution in [3.05, 3.63) is 29.5 Å². The van der Waals surface area contributed by atoms with Crippen molar-refractivity contribution < 1.29 is 14.3 Å². The lowest BCUT2D eigenvalue weighted by Crippen LogP contribution is -2.11. The average Bonchev–Trinajstić information content (AvgIpc) is 3.14. The molecule has 0 saturated heterocycles. The van der Waals surface area contributed by atoms with Crippen molar-refractivity contribution in [2.45, 2.75) is 45.1 Å². The van der Waals surface area contributed by atoms with Crippen molar-refractivity contribution in [1.82, 2.24) is 0 Å². The van der Waals surface area contributed by atoms with E-state index in [1.54, 1.807) is 7.11 Å². The quantitative estimate of drug-likeness (QED) is 0.913. The largest absolute Gasteiger partial charge is 0.497 e. The van der Waals surface area contributed by atoms with E-state index in [4.69, 9.17) is 9.15 Å². The van der Waals surface area contributed by atoms with Crippen LogP contribution in [0.2, 0.25) is 0 Å². The first-order valence-electron chi connectivity index (χ1n) is 7.20. The summed E-state index contributed by atoms with van der Waals surface area (Å²) in [4.78, 5) is 0. The second-order valence-corrected chi connectivity index (χ2v) is 6.77. The van der Waals surface area contributed by atoms with Crippen molar-refractivity contribution in [2.75, 3.05) is 7.11 Å². The number of furan rings is 1. The average molecular weight is 274 g/mol. The van der Waals surface area contributed by atoms with Crippen molar-refractivity contribution in [3.8, 4) is 5.75 Å². The van der Waals surface area contributed by atoms with Crippen LogP contribution in [-0.4, -0.2) is 12.2 Å². The van der Waals surface area contributed by atoms with Crippen molar-refractivity contribution in [2.24, 2.45) is 5.92 Å².